The molecular formula is C21H28ClN3O3. The Bertz CT molecular complexity index is 823. The summed E-state index contributed by atoms with van der Waals surface area (Å²) in [5, 5.41) is 0.646. The molecule has 28 heavy (non-hydrogen) atoms. The number of benzene rings is 1. The van der Waals surface area contributed by atoms with Crippen LogP contribution in [0.1, 0.15) is 57.8 Å². The van der Waals surface area contributed by atoms with Gasteiger partial charge in [0.1, 0.15) is 5.52 Å². The number of rotatable bonds is 7. The average Bonchev–Trinajstić information content (AvgIpc) is 3.12. The van der Waals surface area contributed by atoms with Gasteiger partial charge in [0.25, 0.3) is 0 Å². The molecule has 0 atom stereocenters. The van der Waals surface area contributed by atoms with E-state index in [2.05, 4.69) is 4.98 Å². The third kappa shape index (κ3) is 4.85. The Balaban J connectivity index is 1.46. The molecule has 2 amide bonds. The topological polar surface area (TPSA) is 66.7 Å². The molecule has 2 aromatic rings. The zero-order valence-electron chi connectivity index (χ0n) is 16.6. The molecule has 0 bridgehead atoms. The maximum Gasteiger partial charge on any atom is 0.222 e. The summed E-state index contributed by atoms with van der Waals surface area (Å²) in [6.07, 6.45) is 3.16. The van der Waals surface area contributed by atoms with Gasteiger partial charge in [0.05, 0.1) is 0 Å². The van der Waals surface area contributed by atoms with Gasteiger partial charge in [-0.1, -0.05) is 11.6 Å². The fourth-order valence-electron chi connectivity index (χ4n) is 3.75. The summed E-state index contributed by atoms with van der Waals surface area (Å²) in [5.41, 5.74) is 1.52. The molecule has 0 spiro atoms. The van der Waals surface area contributed by atoms with Crippen LogP contribution in [0.5, 0.6) is 0 Å². The van der Waals surface area contributed by atoms with E-state index in [0.29, 0.717) is 37.4 Å². The fourth-order valence-corrected chi connectivity index (χ4v) is 3.92. The highest BCUT2D eigenvalue weighted by Crippen LogP contribution is 2.31. The Morgan fingerprint density at radius 2 is 1.93 bits per heavy atom. The number of amides is 2. The molecule has 7 heteroatoms. The Hall–Kier alpha value is -2.08. The molecule has 0 saturated carbocycles. The number of oxazole rings is 1. The quantitative estimate of drug-likeness (QED) is 0.691. The van der Waals surface area contributed by atoms with Crippen LogP contribution in [0.4, 0.5) is 0 Å². The van der Waals surface area contributed by atoms with E-state index < -0.39 is 0 Å². The number of nitrogens with zero attached hydrogens (tertiary/aromatic N) is 3. The molecule has 1 aliphatic rings. The van der Waals surface area contributed by atoms with Gasteiger partial charge in [-0.3, -0.25) is 9.59 Å². The fraction of sp³-hybridized carbons (Fsp3) is 0.571. The number of fused-ring (bicyclic) bond motifs is 1. The van der Waals surface area contributed by atoms with Crippen molar-refractivity contribution in [2.75, 3.05) is 26.2 Å². The zero-order chi connectivity index (χ0) is 20.1. The van der Waals surface area contributed by atoms with Gasteiger partial charge in [-0.15, -0.1) is 0 Å². The predicted molar refractivity (Wildman–Crippen MR) is 109 cm³/mol. The molecule has 0 unspecified atom stereocenters. The molecule has 3 rings (SSSR count). The van der Waals surface area contributed by atoms with Gasteiger partial charge in [0.15, 0.2) is 11.5 Å². The van der Waals surface area contributed by atoms with Gasteiger partial charge in [-0.05, 0) is 51.3 Å². The van der Waals surface area contributed by atoms with E-state index in [1.165, 1.54) is 0 Å². The molecule has 2 heterocycles. The highest BCUT2D eigenvalue weighted by molar-refractivity contribution is 6.31. The summed E-state index contributed by atoms with van der Waals surface area (Å²) in [6, 6.07) is 5.44. The lowest BCUT2D eigenvalue weighted by Crippen LogP contribution is -2.38. The predicted octanol–water partition coefficient (Wildman–Crippen LogP) is 4.23. The molecule has 1 saturated heterocycles. The Morgan fingerprint density at radius 1 is 1.21 bits per heavy atom. The number of piperidine rings is 1. The van der Waals surface area contributed by atoms with Gasteiger partial charge in [0.2, 0.25) is 11.8 Å². The van der Waals surface area contributed by atoms with Crippen molar-refractivity contribution in [1.82, 2.24) is 14.8 Å². The Kier molecular flexibility index (Phi) is 6.94. The molecule has 1 aromatic heterocycles. The normalized spacial score (nSPS) is 15.2. The van der Waals surface area contributed by atoms with E-state index in [1.54, 1.807) is 6.07 Å². The van der Waals surface area contributed by atoms with Crippen LogP contribution < -0.4 is 0 Å². The van der Waals surface area contributed by atoms with Crippen molar-refractivity contribution in [3.8, 4) is 0 Å². The second-order valence-electron chi connectivity index (χ2n) is 7.24. The molecule has 1 fully saturated rings. The number of halogens is 1. The lowest BCUT2D eigenvalue weighted by atomic mass is 9.96. The van der Waals surface area contributed by atoms with E-state index in [1.807, 2.05) is 35.8 Å². The minimum absolute atomic E-state index is 0.132. The summed E-state index contributed by atoms with van der Waals surface area (Å²) in [7, 11) is 0. The van der Waals surface area contributed by atoms with Crippen LogP contribution in [-0.2, 0) is 9.59 Å². The number of aromatic nitrogens is 1. The minimum atomic E-state index is 0.132. The third-order valence-corrected chi connectivity index (χ3v) is 5.70. The van der Waals surface area contributed by atoms with Crippen LogP contribution >= 0.6 is 11.6 Å². The van der Waals surface area contributed by atoms with Gasteiger partial charge in [-0.2, -0.15) is 0 Å². The van der Waals surface area contributed by atoms with Crippen molar-refractivity contribution in [2.45, 2.75) is 51.9 Å². The summed E-state index contributed by atoms with van der Waals surface area (Å²) in [5.74, 6) is 1.22. The average molecular weight is 406 g/mol. The molecule has 0 aliphatic carbocycles. The second-order valence-corrected chi connectivity index (χ2v) is 7.68. The van der Waals surface area contributed by atoms with E-state index in [4.69, 9.17) is 16.0 Å². The number of carbonyl (C=O) groups excluding carboxylic acids is 2. The van der Waals surface area contributed by atoms with Crippen molar-refractivity contribution >= 4 is 34.5 Å². The first-order chi connectivity index (χ1) is 13.5. The highest BCUT2D eigenvalue weighted by atomic mass is 35.5. The second kappa shape index (κ2) is 9.41. The monoisotopic (exact) mass is 405 g/mol. The Labute approximate surface area is 170 Å². The summed E-state index contributed by atoms with van der Waals surface area (Å²) < 4.78 is 5.88. The van der Waals surface area contributed by atoms with Crippen molar-refractivity contribution in [1.29, 1.82) is 0 Å². The van der Waals surface area contributed by atoms with E-state index in [0.717, 1.165) is 42.9 Å². The van der Waals surface area contributed by atoms with Gasteiger partial charge >= 0.3 is 0 Å². The molecule has 0 radical (unpaired) electrons. The number of carbonyl (C=O) groups is 2. The van der Waals surface area contributed by atoms with Crippen LogP contribution in [0.15, 0.2) is 22.6 Å². The maximum atomic E-state index is 12.5. The molecule has 0 N–H and O–H groups in total. The number of likely N-dealkylation sites (tertiary alicyclic amines) is 1. The summed E-state index contributed by atoms with van der Waals surface area (Å²) in [4.78, 5) is 32.8. The first-order valence-corrected chi connectivity index (χ1v) is 10.5. The summed E-state index contributed by atoms with van der Waals surface area (Å²) >= 11 is 6.01. The van der Waals surface area contributed by atoms with Crippen molar-refractivity contribution in [2.24, 2.45) is 0 Å². The van der Waals surface area contributed by atoms with Crippen molar-refractivity contribution in [3.05, 3.63) is 29.1 Å². The van der Waals surface area contributed by atoms with Gasteiger partial charge < -0.3 is 14.2 Å². The zero-order valence-corrected chi connectivity index (χ0v) is 17.4. The minimum Gasteiger partial charge on any atom is -0.440 e. The largest absolute Gasteiger partial charge is 0.440 e. The Morgan fingerprint density at radius 3 is 2.61 bits per heavy atom. The molecule has 1 aromatic carbocycles. The maximum absolute atomic E-state index is 12.5. The smallest absolute Gasteiger partial charge is 0.222 e. The first kappa shape index (κ1) is 20.6. The van der Waals surface area contributed by atoms with E-state index in [-0.39, 0.29) is 17.7 Å². The van der Waals surface area contributed by atoms with Crippen LogP contribution in [0, 0.1) is 0 Å². The lowest BCUT2D eigenvalue weighted by Gasteiger charge is -2.30. The van der Waals surface area contributed by atoms with Gasteiger partial charge in [0, 0.05) is 50.0 Å². The van der Waals surface area contributed by atoms with Crippen LogP contribution in [0.2, 0.25) is 5.02 Å². The lowest BCUT2D eigenvalue weighted by molar-refractivity contribution is -0.133. The van der Waals surface area contributed by atoms with Crippen molar-refractivity contribution < 1.29 is 14.0 Å². The van der Waals surface area contributed by atoms with Crippen molar-refractivity contribution in [3.63, 3.8) is 0 Å². The van der Waals surface area contributed by atoms with E-state index >= 15 is 0 Å². The molecular weight excluding hydrogens is 378 g/mol. The number of hydrogen-bond donors (Lipinski definition) is 0. The number of hydrogen-bond acceptors (Lipinski definition) is 4. The molecule has 6 nitrogen and oxygen atoms in total. The van der Waals surface area contributed by atoms with Crippen LogP contribution in [-0.4, -0.2) is 52.8 Å². The standard InChI is InChI=1S/C21H28ClN3O3/c1-3-24(4-2)19(26)6-5-7-20(27)25-12-10-15(11-13-25)21-23-17-14-16(22)8-9-18(17)28-21/h8-9,14-15H,3-7,10-13H2,1-2H3. The third-order valence-electron chi connectivity index (χ3n) is 5.46. The van der Waals surface area contributed by atoms with Crippen LogP contribution in [0.25, 0.3) is 11.1 Å². The molecule has 152 valence electrons. The summed E-state index contributed by atoms with van der Waals surface area (Å²) in [6.45, 7) is 6.79. The molecule has 1 aliphatic heterocycles. The van der Waals surface area contributed by atoms with Gasteiger partial charge in [-0.25, -0.2) is 4.98 Å². The highest BCUT2D eigenvalue weighted by Gasteiger charge is 2.27. The first-order valence-electron chi connectivity index (χ1n) is 10.1. The SMILES string of the molecule is CCN(CC)C(=O)CCCC(=O)N1CCC(c2nc3cc(Cl)ccc3o2)CC1. The van der Waals surface area contributed by atoms with E-state index in [9.17, 15) is 9.59 Å². The van der Waals surface area contributed by atoms with Crippen LogP contribution in [0.3, 0.4) is 0 Å².